The molecule has 4 rings (SSSR count). The van der Waals surface area contributed by atoms with E-state index in [0.717, 1.165) is 10.7 Å². The molecule has 0 aromatic heterocycles. The van der Waals surface area contributed by atoms with Gasteiger partial charge in [-0.1, -0.05) is 39.8 Å². The number of rotatable bonds is 7. The first-order chi connectivity index (χ1) is 16.4. The van der Waals surface area contributed by atoms with Crippen LogP contribution >= 0.6 is 27.7 Å². The van der Waals surface area contributed by atoms with Crippen LogP contribution in [0.1, 0.15) is 25.5 Å². The number of aliphatic imine (C=N–C) groups is 1. The summed E-state index contributed by atoms with van der Waals surface area (Å²) in [6.45, 7) is 3.54. The number of allylic oxidation sites excluding steroid dienone is 1. The molecule has 2 aliphatic rings. The van der Waals surface area contributed by atoms with Crippen molar-refractivity contribution >= 4 is 50.4 Å². The lowest BCUT2D eigenvalue weighted by molar-refractivity contribution is -0.139. The molecule has 0 bridgehead atoms. The topological polar surface area (TPSA) is 80.2 Å². The van der Waals surface area contributed by atoms with Gasteiger partial charge in [0.05, 0.1) is 29.6 Å². The molecular weight excluding hydrogens is 525 g/mol. The molecule has 2 aromatic rings. The van der Waals surface area contributed by atoms with Crippen molar-refractivity contribution < 1.29 is 23.5 Å². The van der Waals surface area contributed by atoms with Gasteiger partial charge >= 0.3 is 5.97 Å². The monoisotopic (exact) mass is 545 g/mol. The maximum Gasteiger partial charge on any atom is 0.338 e. The highest BCUT2D eigenvalue weighted by Crippen LogP contribution is 2.41. The number of halogens is 2. The summed E-state index contributed by atoms with van der Waals surface area (Å²) in [4.78, 5) is 31.4. The van der Waals surface area contributed by atoms with Gasteiger partial charge in [-0.15, -0.1) is 0 Å². The highest BCUT2D eigenvalue weighted by Gasteiger charge is 2.37. The standard InChI is InChI=1S/C24H21BrFN3O4S/c1-3-32-23(31)21-14(2)27-24-29(10-11-34-24)22(21)15-4-7-17(8-5-15)33-13-20(30)28-19-9-6-16(25)12-18(19)26/h4-12,22H,3,13H2,1-2H3,(H,28,30)/t22-/m1/s1. The second-order valence-electron chi connectivity index (χ2n) is 7.36. The molecule has 7 nitrogen and oxygen atoms in total. The van der Waals surface area contributed by atoms with Crippen molar-refractivity contribution in [3.63, 3.8) is 0 Å². The maximum atomic E-state index is 13.9. The second kappa shape index (κ2) is 10.4. The lowest BCUT2D eigenvalue weighted by Gasteiger charge is -2.33. The third-order valence-corrected chi connectivity index (χ3v) is 6.35. The SMILES string of the molecule is CCOC(=O)C1=C(C)N=C2SC=CN2[C@@H]1c1ccc(OCC(=O)Nc2ccc(Br)cc2F)cc1. The van der Waals surface area contributed by atoms with Crippen molar-refractivity contribution in [2.75, 3.05) is 18.5 Å². The summed E-state index contributed by atoms with van der Waals surface area (Å²) < 4.78 is 25.3. The molecule has 2 heterocycles. The zero-order valence-corrected chi connectivity index (χ0v) is 20.8. The Balaban J connectivity index is 1.46. The normalized spacial score (nSPS) is 16.8. The van der Waals surface area contributed by atoms with Crippen molar-refractivity contribution in [3.05, 3.63) is 81.2 Å². The summed E-state index contributed by atoms with van der Waals surface area (Å²) in [5.41, 5.74) is 2.01. The van der Waals surface area contributed by atoms with Crippen LogP contribution in [-0.4, -0.2) is 35.2 Å². The van der Waals surface area contributed by atoms with Gasteiger partial charge in [-0.2, -0.15) is 0 Å². The van der Waals surface area contributed by atoms with Gasteiger partial charge in [-0.3, -0.25) is 4.79 Å². The van der Waals surface area contributed by atoms with Crippen molar-refractivity contribution in [3.8, 4) is 5.75 Å². The van der Waals surface area contributed by atoms with E-state index in [0.29, 0.717) is 21.5 Å². The fourth-order valence-electron chi connectivity index (χ4n) is 3.57. The molecule has 34 heavy (non-hydrogen) atoms. The third-order valence-electron chi connectivity index (χ3n) is 5.09. The molecule has 0 spiro atoms. The summed E-state index contributed by atoms with van der Waals surface area (Å²) in [5, 5.41) is 5.18. The van der Waals surface area contributed by atoms with Crippen LogP contribution in [0.15, 0.2) is 74.8 Å². The third kappa shape index (κ3) is 5.18. The van der Waals surface area contributed by atoms with Crippen LogP contribution in [0.2, 0.25) is 0 Å². The van der Waals surface area contributed by atoms with Gasteiger partial charge in [-0.05, 0) is 55.2 Å². The minimum atomic E-state index is -0.544. The van der Waals surface area contributed by atoms with Crippen molar-refractivity contribution in [1.82, 2.24) is 4.90 Å². The number of ether oxygens (including phenoxy) is 2. The van der Waals surface area contributed by atoms with Crippen LogP contribution < -0.4 is 10.1 Å². The van der Waals surface area contributed by atoms with Gasteiger partial charge < -0.3 is 19.7 Å². The molecule has 0 saturated heterocycles. The predicted octanol–water partition coefficient (Wildman–Crippen LogP) is 5.37. The Hall–Kier alpha value is -3.11. The van der Waals surface area contributed by atoms with E-state index in [9.17, 15) is 14.0 Å². The number of nitrogens with zero attached hydrogens (tertiary/aromatic N) is 2. The van der Waals surface area contributed by atoms with Crippen LogP contribution in [0.25, 0.3) is 0 Å². The Labute approximate surface area is 208 Å². The number of carbonyl (C=O) groups excluding carboxylic acids is 2. The fourth-order valence-corrected chi connectivity index (χ4v) is 4.69. The van der Waals surface area contributed by atoms with Crippen LogP contribution in [0, 0.1) is 5.82 Å². The molecular formula is C24H21BrFN3O4S. The average molecular weight is 546 g/mol. The molecule has 2 aliphatic heterocycles. The number of hydrogen-bond acceptors (Lipinski definition) is 7. The van der Waals surface area contributed by atoms with Gasteiger partial charge in [-0.25, -0.2) is 14.2 Å². The first kappa shape index (κ1) is 24.0. The number of esters is 1. The Morgan fingerprint density at radius 1 is 1.24 bits per heavy atom. The maximum absolute atomic E-state index is 13.9. The molecule has 1 N–H and O–H groups in total. The Bertz CT molecular complexity index is 1210. The molecule has 0 radical (unpaired) electrons. The van der Waals surface area contributed by atoms with Crippen LogP contribution in [-0.2, 0) is 14.3 Å². The van der Waals surface area contributed by atoms with Gasteiger partial charge in [0.1, 0.15) is 11.6 Å². The van der Waals surface area contributed by atoms with E-state index >= 15 is 0 Å². The van der Waals surface area contributed by atoms with E-state index in [2.05, 4.69) is 26.2 Å². The zero-order valence-electron chi connectivity index (χ0n) is 18.4. The minimum Gasteiger partial charge on any atom is -0.484 e. The van der Waals surface area contributed by atoms with Gasteiger partial charge in [0.15, 0.2) is 11.8 Å². The lowest BCUT2D eigenvalue weighted by Crippen LogP contribution is -2.34. The van der Waals surface area contributed by atoms with E-state index in [-0.39, 0.29) is 18.9 Å². The summed E-state index contributed by atoms with van der Waals surface area (Å²) in [6.07, 6.45) is 1.88. The number of carbonyl (C=O) groups is 2. The molecule has 0 saturated carbocycles. The molecule has 0 unspecified atom stereocenters. The van der Waals surface area contributed by atoms with Crippen molar-refractivity contribution in [2.24, 2.45) is 4.99 Å². The fraction of sp³-hybridized carbons (Fsp3) is 0.208. The summed E-state index contributed by atoms with van der Waals surface area (Å²) >= 11 is 4.66. The molecule has 1 amide bonds. The molecule has 0 aliphatic carbocycles. The molecule has 2 aromatic carbocycles. The largest absolute Gasteiger partial charge is 0.484 e. The average Bonchev–Trinajstić information content (AvgIpc) is 3.27. The van der Waals surface area contributed by atoms with E-state index < -0.39 is 23.7 Å². The lowest BCUT2D eigenvalue weighted by atomic mass is 9.95. The van der Waals surface area contributed by atoms with Crippen LogP contribution in [0.4, 0.5) is 10.1 Å². The van der Waals surface area contributed by atoms with Gasteiger partial charge in [0, 0.05) is 10.7 Å². The number of fused-ring (bicyclic) bond motifs is 1. The number of nitrogens with one attached hydrogen (secondary N) is 1. The Kier molecular flexibility index (Phi) is 7.38. The zero-order chi connectivity index (χ0) is 24.2. The highest BCUT2D eigenvalue weighted by molar-refractivity contribution is 9.10. The second-order valence-corrected chi connectivity index (χ2v) is 9.15. The van der Waals surface area contributed by atoms with Gasteiger partial charge in [0.2, 0.25) is 0 Å². The first-order valence-corrected chi connectivity index (χ1v) is 12.1. The quantitative estimate of drug-likeness (QED) is 0.471. The molecule has 0 fully saturated rings. The van der Waals surface area contributed by atoms with E-state index in [1.165, 1.54) is 23.9 Å². The first-order valence-electron chi connectivity index (χ1n) is 10.4. The number of hydrogen-bond donors (Lipinski definition) is 1. The molecule has 176 valence electrons. The Morgan fingerprint density at radius 2 is 2.00 bits per heavy atom. The van der Waals surface area contributed by atoms with Crippen molar-refractivity contribution in [2.45, 2.75) is 19.9 Å². The number of benzene rings is 2. The molecule has 10 heteroatoms. The van der Waals surface area contributed by atoms with Gasteiger partial charge in [0.25, 0.3) is 5.91 Å². The van der Waals surface area contributed by atoms with E-state index in [1.54, 1.807) is 32.0 Å². The highest BCUT2D eigenvalue weighted by atomic mass is 79.9. The smallest absolute Gasteiger partial charge is 0.338 e. The number of anilines is 1. The molecule has 1 atom stereocenters. The number of amides is 1. The van der Waals surface area contributed by atoms with E-state index in [4.69, 9.17) is 9.47 Å². The van der Waals surface area contributed by atoms with Crippen molar-refractivity contribution in [1.29, 1.82) is 0 Å². The number of amidine groups is 1. The summed E-state index contributed by atoms with van der Waals surface area (Å²) in [7, 11) is 0. The summed E-state index contributed by atoms with van der Waals surface area (Å²) in [6, 6.07) is 11.1. The Morgan fingerprint density at radius 3 is 2.71 bits per heavy atom. The summed E-state index contributed by atoms with van der Waals surface area (Å²) in [5.74, 6) is -0.974. The minimum absolute atomic E-state index is 0.0760. The number of thioether (sulfide) groups is 1. The van der Waals surface area contributed by atoms with Crippen LogP contribution in [0.3, 0.4) is 0 Å². The van der Waals surface area contributed by atoms with E-state index in [1.807, 2.05) is 28.6 Å². The predicted molar refractivity (Wildman–Crippen MR) is 133 cm³/mol. The van der Waals surface area contributed by atoms with Crippen LogP contribution in [0.5, 0.6) is 5.75 Å².